The molecule has 1 aromatic heterocycles. The Balaban J connectivity index is 2.19. The zero-order chi connectivity index (χ0) is 14.8. The van der Waals surface area contributed by atoms with Crippen LogP contribution in [0.1, 0.15) is 37.4 Å². The van der Waals surface area contributed by atoms with E-state index < -0.39 is 11.5 Å². The van der Waals surface area contributed by atoms with E-state index in [0.29, 0.717) is 13.0 Å². The van der Waals surface area contributed by atoms with Gasteiger partial charge in [0, 0.05) is 12.7 Å². The zero-order valence-electron chi connectivity index (χ0n) is 11.9. The molecule has 1 saturated heterocycles. The molecule has 0 aromatic carbocycles. The Bertz CT molecular complexity index is 530. The molecule has 1 aromatic rings. The number of carboxylic acid groups (broad SMARTS) is 1. The van der Waals surface area contributed by atoms with Crippen LogP contribution in [0, 0.1) is 6.92 Å². The summed E-state index contributed by atoms with van der Waals surface area (Å²) in [4.78, 5) is 29.7. The standard InChI is InChI=1S/C15H20N2O3/c1-11-6-5-8-16-12(11)10-13(18)17-9-4-3-7-15(17,2)14(19)20/h5-6,8H,3-4,7,9-10H2,1-2H3,(H,19,20). The number of likely N-dealkylation sites (tertiary alicyclic amines) is 1. The van der Waals surface area contributed by atoms with Crippen LogP contribution in [-0.2, 0) is 16.0 Å². The fraction of sp³-hybridized carbons (Fsp3) is 0.533. The average Bonchev–Trinajstić information content (AvgIpc) is 2.41. The predicted molar refractivity (Wildman–Crippen MR) is 74.3 cm³/mol. The highest BCUT2D eigenvalue weighted by Crippen LogP contribution is 2.29. The third kappa shape index (κ3) is 2.66. The summed E-state index contributed by atoms with van der Waals surface area (Å²) in [5.41, 5.74) is 0.587. The number of nitrogens with zero attached hydrogens (tertiary/aromatic N) is 2. The van der Waals surface area contributed by atoms with Crippen molar-refractivity contribution in [3.8, 4) is 0 Å². The van der Waals surface area contributed by atoms with Crippen molar-refractivity contribution in [2.24, 2.45) is 0 Å². The van der Waals surface area contributed by atoms with E-state index in [1.165, 1.54) is 4.90 Å². The fourth-order valence-corrected chi connectivity index (χ4v) is 2.69. The smallest absolute Gasteiger partial charge is 0.329 e. The van der Waals surface area contributed by atoms with Gasteiger partial charge >= 0.3 is 5.97 Å². The lowest BCUT2D eigenvalue weighted by molar-refractivity contribution is -0.160. The average molecular weight is 276 g/mol. The first-order valence-electron chi connectivity index (χ1n) is 6.89. The van der Waals surface area contributed by atoms with Gasteiger partial charge in [-0.15, -0.1) is 0 Å². The summed E-state index contributed by atoms with van der Waals surface area (Å²) in [5, 5.41) is 9.43. The molecule has 0 saturated carbocycles. The summed E-state index contributed by atoms with van der Waals surface area (Å²) in [5.74, 6) is -1.08. The Morgan fingerprint density at radius 1 is 1.45 bits per heavy atom. The summed E-state index contributed by atoms with van der Waals surface area (Å²) in [6.07, 6.45) is 4.03. The van der Waals surface area contributed by atoms with Gasteiger partial charge in [-0.25, -0.2) is 4.79 Å². The topological polar surface area (TPSA) is 70.5 Å². The van der Waals surface area contributed by atoms with Gasteiger partial charge in [-0.3, -0.25) is 9.78 Å². The number of aliphatic carboxylic acids is 1. The van der Waals surface area contributed by atoms with Crippen LogP contribution in [0.15, 0.2) is 18.3 Å². The molecule has 0 radical (unpaired) electrons. The second kappa shape index (κ2) is 5.61. The number of aryl methyl sites for hydroxylation is 1. The highest BCUT2D eigenvalue weighted by molar-refractivity contribution is 5.88. The molecule has 5 heteroatoms. The first kappa shape index (κ1) is 14.5. The molecular weight excluding hydrogens is 256 g/mol. The fourth-order valence-electron chi connectivity index (χ4n) is 2.69. The monoisotopic (exact) mass is 276 g/mol. The Hall–Kier alpha value is -1.91. The van der Waals surface area contributed by atoms with Crippen LogP contribution in [0.2, 0.25) is 0 Å². The molecule has 1 N–H and O–H groups in total. The lowest BCUT2D eigenvalue weighted by Gasteiger charge is -2.41. The van der Waals surface area contributed by atoms with E-state index in [4.69, 9.17) is 0 Å². The number of carbonyl (C=O) groups excluding carboxylic acids is 1. The van der Waals surface area contributed by atoms with Crippen molar-refractivity contribution in [3.63, 3.8) is 0 Å². The summed E-state index contributed by atoms with van der Waals surface area (Å²) in [7, 11) is 0. The van der Waals surface area contributed by atoms with Crippen molar-refractivity contribution < 1.29 is 14.7 Å². The van der Waals surface area contributed by atoms with E-state index >= 15 is 0 Å². The second-order valence-corrected chi connectivity index (χ2v) is 5.53. The maximum absolute atomic E-state index is 12.5. The molecule has 2 rings (SSSR count). The summed E-state index contributed by atoms with van der Waals surface area (Å²) in [6.45, 7) is 4.05. The summed E-state index contributed by atoms with van der Waals surface area (Å²) >= 11 is 0. The lowest BCUT2D eigenvalue weighted by atomic mass is 9.88. The van der Waals surface area contributed by atoms with Gasteiger partial charge in [0.1, 0.15) is 5.54 Å². The normalized spacial score (nSPS) is 22.6. The molecule has 0 aliphatic carbocycles. The van der Waals surface area contributed by atoms with Gasteiger partial charge in [-0.1, -0.05) is 6.07 Å². The predicted octanol–water partition coefficient (Wildman–Crippen LogP) is 1.79. The van der Waals surface area contributed by atoms with Crippen LogP contribution in [0.25, 0.3) is 0 Å². The molecule has 5 nitrogen and oxygen atoms in total. The van der Waals surface area contributed by atoms with Gasteiger partial charge in [-0.05, 0) is 44.7 Å². The van der Waals surface area contributed by atoms with Gasteiger partial charge in [0.15, 0.2) is 0 Å². The number of hydrogen-bond donors (Lipinski definition) is 1. The van der Waals surface area contributed by atoms with Crippen LogP contribution in [-0.4, -0.2) is 39.0 Å². The molecule has 1 fully saturated rings. The maximum atomic E-state index is 12.5. The van der Waals surface area contributed by atoms with Crippen molar-refractivity contribution in [1.82, 2.24) is 9.88 Å². The summed E-state index contributed by atoms with van der Waals surface area (Å²) in [6, 6.07) is 3.73. The molecule has 1 unspecified atom stereocenters. The molecule has 0 spiro atoms. The largest absolute Gasteiger partial charge is 0.480 e. The van der Waals surface area contributed by atoms with Crippen molar-refractivity contribution in [3.05, 3.63) is 29.6 Å². The van der Waals surface area contributed by atoms with Crippen molar-refractivity contribution >= 4 is 11.9 Å². The number of rotatable bonds is 3. The van der Waals surface area contributed by atoms with Crippen molar-refractivity contribution in [2.45, 2.75) is 45.1 Å². The molecular formula is C15H20N2O3. The van der Waals surface area contributed by atoms with E-state index in [2.05, 4.69) is 4.98 Å². The van der Waals surface area contributed by atoms with Gasteiger partial charge in [0.05, 0.1) is 12.1 Å². The SMILES string of the molecule is Cc1cccnc1CC(=O)N1CCCCC1(C)C(=O)O. The van der Waals surface area contributed by atoms with Crippen LogP contribution in [0.5, 0.6) is 0 Å². The molecule has 1 aliphatic rings. The lowest BCUT2D eigenvalue weighted by Crippen LogP contribution is -2.57. The molecule has 1 atom stereocenters. The van der Waals surface area contributed by atoms with Gasteiger partial charge < -0.3 is 10.0 Å². The van der Waals surface area contributed by atoms with E-state index in [9.17, 15) is 14.7 Å². The van der Waals surface area contributed by atoms with Crippen LogP contribution >= 0.6 is 0 Å². The Morgan fingerprint density at radius 2 is 2.20 bits per heavy atom. The zero-order valence-corrected chi connectivity index (χ0v) is 11.9. The first-order valence-corrected chi connectivity index (χ1v) is 6.89. The van der Waals surface area contributed by atoms with E-state index in [1.807, 2.05) is 19.1 Å². The maximum Gasteiger partial charge on any atom is 0.329 e. The number of hydrogen-bond acceptors (Lipinski definition) is 3. The third-order valence-electron chi connectivity index (χ3n) is 4.09. The Labute approximate surface area is 118 Å². The Kier molecular flexibility index (Phi) is 4.06. The van der Waals surface area contributed by atoms with Crippen LogP contribution in [0.3, 0.4) is 0 Å². The summed E-state index contributed by atoms with van der Waals surface area (Å²) < 4.78 is 0. The number of piperidine rings is 1. The van der Waals surface area contributed by atoms with Gasteiger partial charge in [-0.2, -0.15) is 0 Å². The number of carbonyl (C=O) groups is 2. The van der Waals surface area contributed by atoms with E-state index in [0.717, 1.165) is 24.1 Å². The highest BCUT2D eigenvalue weighted by atomic mass is 16.4. The second-order valence-electron chi connectivity index (χ2n) is 5.53. The molecule has 1 aliphatic heterocycles. The number of pyridine rings is 1. The molecule has 1 amide bonds. The highest BCUT2D eigenvalue weighted by Gasteiger charge is 2.43. The van der Waals surface area contributed by atoms with E-state index in [-0.39, 0.29) is 12.3 Å². The van der Waals surface area contributed by atoms with Crippen LogP contribution < -0.4 is 0 Å². The molecule has 20 heavy (non-hydrogen) atoms. The third-order valence-corrected chi connectivity index (χ3v) is 4.09. The van der Waals surface area contributed by atoms with Gasteiger partial charge in [0.25, 0.3) is 0 Å². The molecule has 2 heterocycles. The van der Waals surface area contributed by atoms with Crippen molar-refractivity contribution in [2.75, 3.05) is 6.54 Å². The van der Waals surface area contributed by atoms with Crippen LogP contribution in [0.4, 0.5) is 0 Å². The Morgan fingerprint density at radius 3 is 2.85 bits per heavy atom. The van der Waals surface area contributed by atoms with Crippen molar-refractivity contribution in [1.29, 1.82) is 0 Å². The minimum Gasteiger partial charge on any atom is -0.480 e. The molecule has 0 bridgehead atoms. The van der Waals surface area contributed by atoms with E-state index in [1.54, 1.807) is 13.1 Å². The first-order chi connectivity index (χ1) is 9.45. The number of aromatic nitrogens is 1. The minimum atomic E-state index is -1.09. The quantitative estimate of drug-likeness (QED) is 0.913. The van der Waals surface area contributed by atoms with Gasteiger partial charge in [0.2, 0.25) is 5.91 Å². The number of carboxylic acids is 1. The molecule has 108 valence electrons. The number of amides is 1. The minimum absolute atomic E-state index is 0.156.